The van der Waals surface area contributed by atoms with E-state index in [1.165, 1.54) is 0 Å². The summed E-state index contributed by atoms with van der Waals surface area (Å²) in [5, 5.41) is 6.28. The lowest BCUT2D eigenvalue weighted by Crippen LogP contribution is -2.28. The first-order valence-corrected chi connectivity index (χ1v) is 10.1. The molecule has 1 N–H and O–H groups in total. The van der Waals surface area contributed by atoms with Crippen molar-refractivity contribution in [3.63, 3.8) is 0 Å². The molecule has 2 aromatic heterocycles. The summed E-state index contributed by atoms with van der Waals surface area (Å²) >= 11 is 1.65. The SMILES string of the molecule is COc1cccc(Cn2c(C(=O)NC(C)c3ccccc3)cc3ccsc32)c1. The number of aromatic nitrogens is 1. The third kappa shape index (κ3) is 3.66. The van der Waals surface area contributed by atoms with Gasteiger partial charge in [0.1, 0.15) is 16.3 Å². The lowest BCUT2D eigenvalue weighted by molar-refractivity contribution is 0.0931. The molecule has 5 heteroatoms. The Balaban J connectivity index is 1.64. The number of rotatable bonds is 6. The topological polar surface area (TPSA) is 43.3 Å². The number of amides is 1. The molecule has 0 aliphatic heterocycles. The minimum absolute atomic E-state index is 0.0631. The van der Waals surface area contributed by atoms with Gasteiger partial charge in [-0.05, 0) is 47.7 Å². The molecular formula is C23H22N2O2S. The molecule has 0 saturated carbocycles. The number of hydrogen-bond donors (Lipinski definition) is 1. The van der Waals surface area contributed by atoms with Gasteiger partial charge in [0, 0.05) is 11.9 Å². The van der Waals surface area contributed by atoms with E-state index in [-0.39, 0.29) is 11.9 Å². The number of carbonyl (C=O) groups is 1. The van der Waals surface area contributed by atoms with Crippen LogP contribution in [0.5, 0.6) is 5.75 Å². The molecule has 0 fully saturated rings. The second-order valence-electron chi connectivity index (χ2n) is 6.75. The second kappa shape index (κ2) is 7.90. The molecule has 1 unspecified atom stereocenters. The van der Waals surface area contributed by atoms with Gasteiger partial charge in [0.2, 0.25) is 0 Å². The fraction of sp³-hybridized carbons (Fsp3) is 0.174. The van der Waals surface area contributed by atoms with Crippen LogP contribution in [-0.2, 0) is 6.54 Å². The fourth-order valence-electron chi connectivity index (χ4n) is 3.37. The summed E-state index contributed by atoms with van der Waals surface area (Å²) in [6.45, 7) is 2.62. The summed E-state index contributed by atoms with van der Waals surface area (Å²) in [7, 11) is 1.66. The molecule has 4 rings (SSSR count). The van der Waals surface area contributed by atoms with Crippen molar-refractivity contribution in [3.05, 3.63) is 88.9 Å². The Morgan fingerprint density at radius 1 is 1.11 bits per heavy atom. The van der Waals surface area contributed by atoms with Crippen LogP contribution in [0.4, 0.5) is 0 Å². The summed E-state index contributed by atoms with van der Waals surface area (Å²) in [6, 6.07) is 21.9. The molecule has 0 saturated heterocycles. The van der Waals surface area contributed by atoms with E-state index < -0.39 is 0 Å². The van der Waals surface area contributed by atoms with Gasteiger partial charge in [0.15, 0.2) is 0 Å². The Hall–Kier alpha value is -3.05. The fourth-order valence-corrected chi connectivity index (χ4v) is 4.27. The number of fused-ring (bicyclic) bond motifs is 1. The average molecular weight is 391 g/mol. The van der Waals surface area contributed by atoms with Gasteiger partial charge in [0.05, 0.1) is 13.2 Å². The van der Waals surface area contributed by atoms with E-state index in [2.05, 4.69) is 27.4 Å². The molecule has 1 amide bonds. The monoisotopic (exact) mass is 390 g/mol. The van der Waals surface area contributed by atoms with Gasteiger partial charge in [-0.25, -0.2) is 0 Å². The molecule has 0 aliphatic rings. The van der Waals surface area contributed by atoms with E-state index in [4.69, 9.17) is 4.74 Å². The van der Waals surface area contributed by atoms with Gasteiger partial charge in [-0.15, -0.1) is 11.3 Å². The lowest BCUT2D eigenvalue weighted by atomic mass is 10.1. The van der Waals surface area contributed by atoms with Crippen molar-refractivity contribution in [1.82, 2.24) is 9.88 Å². The average Bonchev–Trinajstić information content (AvgIpc) is 3.31. The number of carbonyl (C=O) groups excluding carboxylic acids is 1. The molecule has 4 nitrogen and oxygen atoms in total. The molecule has 1 atom stereocenters. The number of thiophene rings is 1. The predicted octanol–water partition coefficient (Wildman–Crippen LogP) is 5.25. The molecule has 0 radical (unpaired) electrons. The highest BCUT2D eigenvalue weighted by Crippen LogP contribution is 2.27. The molecular weight excluding hydrogens is 368 g/mol. The maximum absolute atomic E-state index is 13.1. The molecule has 0 bridgehead atoms. The predicted molar refractivity (Wildman–Crippen MR) is 114 cm³/mol. The summed E-state index contributed by atoms with van der Waals surface area (Å²) in [6.07, 6.45) is 0. The molecule has 142 valence electrons. The zero-order valence-corrected chi connectivity index (χ0v) is 16.7. The Bertz CT molecular complexity index is 1100. The third-order valence-electron chi connectivity index (χ3n) is 4.86. The normalized spacial score (nSPS) is 12.1. The highest BCUT2D eigenvalue weighted by atomic mass is 32.1. The zero-order valence-electron chi connectivity index (χ0n) is 15.9. The van der Waals surface area contributed by atoms with Crippen molar-refractivity contribution in [2.75, 3.05) is 7.11 Å². The van der Waals surface area contributed by atoms with Gasteiger partial charge in [-0.3, -0.25) is 4.79 Å². The van der Waals surface area contributed by atoms with Gasteiger partial charge >= 0.3 is 0 Å². The van der Waals surface area contributed by atoms with Gasteiger partial charge < -0.3 is 14.6 Å². The van der Waals surface area contributed by atoms with Crippen molar-refractivity contribution in [2.24, 2.45) is 0 Å². The first-order chi connectivity index (χ1) is 13.7. The van der Waals surface area contributed by atoms with Crippen LogP contribution >= 0.6 is 11.3 Å². The van der Waals surface area contributed by atoms with Crippen molar-refractivity contribution in [1.29, 1.82) is 0 Å². The Morgan fingerprint density at radius 3 is 2.71 bits per heavy atom. The van der Waals surface area contributed by atoms with E-state index in [1.54, 1.807) is 18.4 Å². The van der Waals surface area contributed by atoms with E-state index in [0.29, 0.717) is 12.2 Å². The van der Waals surface area contributed by atoms with Crippen LogP contribution in [-0.4, -0.2) is 17.6 Å². The summed E-state index contributed by atoms with van der Waals surface area (Å²) in [4.78, 5) is 14.2. The van der Waals surface area contributed by atoms with Crippen LogP contribution in [0.1, 0.15) is 34.6 Å². The van der Waals surface area contributed by atoms with Crippen molar-refractivity contribution in [3.8, 4) is 5.75 Å². The number of ether oxygens (including phenoxy) is 1. The maximum Gasteiger partial charge on any atom is 0.268 e. The molecule has 28 heavy (non-hydrogen) atoms. The van der Waals surface area contributed by atoms with E-state index in [1.807, 2.05) is 61.5 Å². The van der Waals surface area contributed by atoms with Crippen LogP contribution in [0.3, 0.4) is 0 Å². The minimum Gasteiger partial charge on any atom is -0.497 e. The number of nitrogens with one attached hydrogen (secondary N) is 1. The van der Waals surface area contributed by atoms with Gasteiger partial charge in [0.25, 0.3) is 5.91 Å². The number of hydrogen-bond acceptors (Lipinski definition) is 3. The van der Waals surface area contributed by atoms with Crippen LogP contribution in [0.15, 0.2) is 72.1 Å². The van der Waals surface area contributed by atoms with Crippen LogP contribution in [0.25, 0.3) is 10.2 Å². The largest absolute Gasteiger partial charge is 0.497 e. The molecule has 0 aliphatic carbocycles. The Labute approximate surface area is 168 Å². The van der Waals surface area contributed by atoms with Crippen LogP contribution in [0, 0.1) is 0 Å². The molecule has 2 aromatic carbocycles. The molecule has 4 aromatic rings. The Morgan fingerprint density at radius 2 is 1.93 bits per heavy atom. The summed E-state index contributed by atoms with van der Waals surface area (Å²) < 4.78 is 7.43. The van der Waals surface area contributed by atoms with Crippen molar-refractivity contribution < 1.29 is 9.53 Å². The van der Waals surface area contributed by atoms with Gasteiger partial charge in [-0.1, -0.05) is 42.5 Å². The van der Waals surface area contributed by atoms with Crippen LogP contribution < -0.4 is 10.1 Å². The second-order valence-corrected chi connectivity index (χ2v) is 7.65. The first kappa shape index (κ1) is 18.3. The standard InChI is InChI=1S/C23H22N2O2S/c1-16(18-8-4-3-5-9-18)24-22(26)21-14-19-11-12-28-23(19)25(21)15-17-7-6-10-20(13-17)27-2/h3-14,16H,15H2,1-2H3,(H,24,26). The smallest absolute Gasteiger partial charge is 0.268 e. The minimum atomic E-state index is -0.0670. The third-order valence-corrected chi connectivity index (χ3v) is 5.81. The van der Waals surface area contributed by atoms with E-state index in [9.17, 15) is 4.79 Å². The van der Waals surface area contributed by atoms with Gasteiger partial charge in [-0.2, -0.15) is 0 Å². The summed E-state index contributed by atoms with van der Waals surface area (Å²) in [5.74, 6) is 0.749. The lowest BCUT2D eigenvalue weighted by Gasteiger charge is -2.16. The molecule has 0 spiro atoms. The molecule has 2 heterocycles. The number of methoxy groups -OCH3 is 1. The zero-order chi connectivity index (χ0) is 19.5. The number of benzene rings is 2. The highest BCUT2D eigenvalue weighted by molar-refractivity contribution is 7.16. The van der Waals surface area contributed by atoms with E-state index in [0.717, 1.165) is 27.1 Å². The maximum atomic E-state index is 13.1. The van der Waals surface area contributed by atoms with Crippen molar-refractivity contribution >= 4 is 27.5 Å². The quantitative estimate of drug-likeness (QED) is 0.489. The van der Waals surface area contributed by atoms with E-state index >= 15 is 0 Å². The number of nitrogens with zero attached hydrogens (tertiary/aromatic N) is 1. The van der Waals surface area contributed by atoms with Crippen LogP contribution in [0.2, 0.25) is 0 Å². The first-order valence-electron chi connectivity index (χ1n) is 9.21. The Kier molecular flexibility index (Phi) is 5.17. The summed E-state index contributed by atoms with van der Waals surface area (Å²) in [5.41, 5.74) is 2.85. The van der Waals surface area contributed by atoms with Crippen molar-refractivity contribution in [2.45, 2.75) is 19.5 Å². The highest BCUT2D eigenvalue weighted by Gasteiger charge is 2.19.